The molecule has 5 nitrogen and oxygen atoms in total. The number of hydrogen-bond acceptors (Lipinski definition) is 5. The van der Waals surface area contributed by atoms with Gasteiger partial charge in [-0.1, -0.05) is 13.8 Å². The molecular weight excluding hydrogens is 178 g/mol. The molecule has 0 amide bonds. The number of nitrogens with one attached hydrogen (secondary N) is 1. The summed E-state index contributed by atoms with van der Waals surface area (Å²) in [6.45, 7) is 6.23. The van der Waals surface area contributed by atoms with Crippen LogP contribution in [-0.4, -0.2) is 21.0 Å². The number of anilines is 2. The van der Waals surface area contributed by atoms with Crippen molar-refractivity contribution in [2.24, 2.45) is 5.41 Å². The third-order valence-electron chi connectivity index (χ3n) is 2.58. The Balaban J connectivity index is 2.10. The van der Waals surface area contributed by atoms with Crippen LogP contribution in [0.4, 0.5) is 11.9 Å². The van der Waals surface area contributed by atoms with E-state index in [4.69, 9.17) is 5.73 Å². The lowest BCUT2D eigenvalue weighted by molar-refractivity contribution is 0.628. The molecule has 0 spiro atoms. The molecule has 1 heterocycles. The molecule has 0 aromatic carbocycles. The van der Waals surface area contributed by atoms with Gasteiger partial charge in [-0.3, -0.25) is 0 Å². The first kappa shape index (κ1) is 9.18. The molecule has 2 rings (SSSR count). The maximum atomic E-state index is 5.52. The first-order valence-electron chi connectivity index (χ1n) is 4.72. The van der Waals surface area contributed by atoms with Gasteiger partial charge in [-0.15, -0.1) is 0 Å². The van der Waals surface area contributed by atoms with Crippen molar-refractivity contribution in [1.82, 2.24) is 15.0 Å². The predicted molar refractivity (Wildman–Crippen MR) is 54.8 cm³/mol. The zero-order valence-electron chi connectivity index (χ0n) is 8.70. The highest BCUT2D eigenvalue weighted by Crippen LogP contribution is 2.46. The second kappa shape index (κ2) is 2.80. The third kappa shape index (κ3) is 1.76. The molecule has 1 aromatic rings. The lowest BCUT2D eigenvalue weighted by Gasteiger charge is -2.06. The first-order chi connectivity index (χ1) is 6.47. The summed E-state index contributed by atoms with van der Waals surface area (Å²) in [6.07, 6.45) is 1.15. The Morgan fingerprint density at radius 3 is 2.50 bits per heavy atom. The molecule has 1 fully saturated rings. The Labute approximate surface area is 83.2 Å². The molecule has 1 unspecified atom stereocenters. The molecule has 0 aliphatic heterocycles. The summed E-state index contributed by atoms with van der Waals surface area (Å²) in [4.78, 5) is 12.1. The van der Waals surface area contributed by atoms with Crippen LogP contribution in [0.25, 0.3) is 0 Å². The maximum Gasteiger partial charge on any atom is 0.227 e. The van der Waals surface area contributed by atoms with E-state index in [2.05, 4.69) is 34.1 Å². The lowest BCUT2D eigenvalue weighted by atomic mass is 10.2. The molecule has 0 bridgehead atoms. The summed E-state index contributed by atoms with van der Waals surface area (Å²) in [5.41, 5.74) is 5.88. The fourth-order valence-electron chi connectivity index (χ4n) is 1.44. The molecule has 0 radical (unpaired) electrons. The molecule has 1 atom stereocenters. The zero-order valence-corrected chi connectivity index (χ0v) is 8.70. The average molecular weight is 193 g/mol. The number of hydrogen-bond donors (Lipinski definition) is 2. The minimum atomic E-state index is 0.276. The van der Waals surface area contributed by atoms with Crippen LogP contribution < -0.4 is 11.1 Å². The van der Waals surface area contributed by atoms with Gasteiger partial charge in [0, 0.05) is 6.04 Å². The van der Waals surface area contributed by atoms with Gasteiger partial charge in [-0.2, -0.15) is 15.0 Å². The van der Waals surface area contributed by atoms with E-state index in [0.29, 0.717) is 23.2 Å². The van der Waals surface area contributed by atoms with Gasteiger partial charge in [0.25, 0.3) is 0 Å². The summed E-state index contributed by atoms with van der Waals surface area (Å²) in [6, 6.07) is 0.462. The molecule has 1 aromatic heterocycles. The molecule has 0 saturated heterocycles. The van der Waals surface area contributed by atoms with E-state index in [0.717, 1.165) is 6.42 Å². The monoisotopic (exact) mass is 193 g/mol. The van der Waals surface area contributed by atoms with E-state index in [-0.39, 0.29) is 5.95 Å². The third-order valence-corrected chi connectivity index (χ3v) is 2.58. The van der Waals surface area contributed by atoms with Gasteiger partial charge in [-0.25, -0.2) is 0 Å². The Hall–Kier alpha value is -1.39. The Bertz CT molecular complexity index is 340. The summed E-state index contributed by atoms with van der Waals surface area (Å²) < 4.78 is 0. The highest BCUT2D eigenvalue weighted by Gasteiger charge is 2.46. The molecule has 1 saturated carbocycles. The van der Waals surface area contributed by atoms with E-state index in [1.807, 2.05) is 0 Å². The van der Waals surface area contributed by atoms with Crippen molar-refractivity contribution in [3.63, 3.8) is 0 Å². The molecule has 5 heteroatoms. The van der Waals surface area contributed by atoms with Gasteiger partial charge in [0.15, 0.2) is 0 Å². The molecule has 1 aliphatic carbocycles. The number of aromatic nitrogens is 3. The minimum Gasteiger partial charge on any atom is -0.368 e. The summed E-state index contributed by atoms with van der Waals surface area (Å²) in [5, 5.41) is 3.25. The number of rotatable bonds is 2. The van der Waals surface area contributed by atoms with Gasteiger partial charge in [-0.05, 0) is 18.8 Å². The van der Waals surface area contributed by atoms with Crippen molar-refractivity contribution in [3.05, 3.63) is 5.82 Å². The van der Waals surface area contributed by atoms with Gasteiger partial charge in [0.2, 0.25) is 11.9 Å². The standard InChI is InChI=1S/C9H15N5/c1-5-11-7(10)14-8(12-5)13-6-4-9(6,2)3/h6H,4H2,1-3H3,(H3,10,11,12,13,14). The van der Waals surface area contributed by atoms with Gasteiger partial charge >= 0.3 is 0 Å². The predicted octanol–water partition coefficient (Wildman–Crippen LogP) is 0.973. The maximum absolute atomic E-state index is 5.52. The summed E-state index contributed by atoms with van der Waals surface area (Å²) >= 11 is 0. The van der Waals surface area contributed by atoms with E-state index >= 15 is 0 Å². The normalized spacial score (nSPS) is 23.2. The van der Waals surface area contributed by atoms with Crippen LogP contribution in [0.5, 0.6) is 0 Å². The molecule has 1 aliphatic rings. The van der Waals surface area contributed by atoms with Crippen LogP contribution >= 0.6 is 0 Å². The first-order valence-corrected chi connectivity index (χ1v) is 4.72. The van der Waals surface area contributed by atoms with Crippen LogP contribution in [0.1, 0.15) is 26.1 Å². The fourth-order valence-corrected chi connectivity index (χ4v) is 1.44. The van der Waals surface area contributed by atoms with Crippen LogP contribution in [0.3, 0.4) is 0 Å². The summed E-state index contributed by atoms with van der Waals surface area (Å²) in [7, 11) is 0. The minimum absolute atomic E-state index is 0.276. The number of nitrogen functional groups attached to an aromatic ring is 1. The topological polar surface area (TPSA) is 76.7 Å². The highest BCUT2D eigenvalue weighted by molar-refractivity contribution is 5.35. The molecule has 3 N–H and O–H groups in total. The molecular formula is C9H15N5. The molecule has 76 valence electrons. The van der Waals surface area contributed by atoms with E-state index in [1.54, 1.807) is 6.92 Å². The van der Waals surface area contributed by atoms with Gasteiger partial charge in [0.05, 0.1) is 0 Å². The zero-order chi connectivity index (χ0) is 10.3. The van der Waals surface area contributed by atoms with Crippen LogP contribution in [-0.2, 0) is 0 Å². The van der Waals surface area contributed by atoms with Gasteiger partial charge in [0.1, 0.15) is 5.82 Å². The van der Waals surface area contributed by atoms with E-state index < -0.39 is 0 Å². The Morgan fingerprint density at radius 1 is 1.36 bits per heavy atom. The van der Waals surface area contributed by atoms with Crippen molar-refractivity contribution >= 4 is 11.9 Å². The van der Waals surface area contributed by atoms with Crippen LogP contribution in [0.2, 0.25) is 0 Å². The van der Waals surface area contributed by atoms with Crippen LogP contribution in [0, 0.1) is 12.3 Å². The second-order valence-electron chi connectivity index (χ2n) is 4.45. The number of aryl methyl sites for hydroxylation is 1. The van der Waals surface area contributed by atoms with Crippen molar-refractivity contribution < 1.29 is 0 Å². The number of nitrogens with two attached hydrogens (primary N) is 1. The Morgan fingerprint density at radius 2 is 2.00 bits per heavy atom. The fraction of sp³-hybridized carbons (Fsp3) is 0.667. The van der Waals surface area contributed by atoms with Crippen molar-refractivity contribution in [2.45, 2.75) is 33.2 Å². The number of nitrogens with zero attached hydrogens (tertiary/aromatic N) is 3. The quantitative estimate of drug-likeness (QED) is 0.732. The SMILES string of the molecule is Cc1nc(N)nc(NC2CC2(C)C)n1. The lowest BCUT2D eigenvalue weighted by Crippen LogP contribution is -2.13. The van der Waals surface area contributed by atoms with Crippen molar-refractivity contribution in [1.29, 1.82) is 0 Å². The average Bonchev–Trinajstić information content (AvgIpc) is 2.55. The smallest absolute Gasteiger partial charge is 0.227 e. The van der Waals surface area contributed by atoms with Crippen LogP contribution in [0.15, 0.2) is 0 Å². The van der Waals surface area contributed by atoms with E-state index in [9.17, 15) is 0 Å². The summed E-state index contributed by atoms with van der Waals surface area (Å²) in [5.74, 6) is 1.52. The van der Waals surface area contributed by atoms with Crippen molar-refractivity contribution in [2.75, 3.05) is 11.1 Å². The largest absolute Gasteiger partial charge is 0.368 e. The molecule has 14 heavy (non-hydrogen) atoms. The second-order valence-corrected chi connectivity index (χ2v) is 4.45. The Kier molecular flexibility index (Phi) is 1.83. The van der Waals surface area contributed by atoms with Crippen molar-refractivity contribution in [3.8, 4) is 0 Å². The van der Waals surface area contributed by atoms with Gasteiger partial charge < -0.3 is 11.1 Å². The van der Waals surface area contributed by atoms with E-state index in [1.165, 1.54) is 0 Å². The highest BCUT2D eigenvalue weighted by atomic mass is 15.2.